The van der Waals surface area contributed by atoms with Gasteiger partial charge in [-0.25, -0.2) is 4.79 Å². The van der Waals surface area contributed by atoms with Gasteiger partial charge in [0, 0.05) is 19.3 Å². The number of anilines is 1. The Morgan fingerprint density at radius 3 is 2.95 bits per heavy atom. The van der Waals surface area contributed by atoms with Gasteiger partial charge in [-0.1, -0.05) is 6.92 Å². The molecule has 21 heavy (non-hydrogen) atoms. The van der Waals surface area contributed by atoms with Gasteiger partial charge in [-0.05, 0) is 29.5 Å². The van der Waals surface area contributed by atoms with Crippen LogP contribution in [0.2, 0.25) is 0 Å². The Labute approximate surface area is 125 Å². The summed E-state index contributed by atoms with van der Waals surface area (Å²) in [7, 11) is 1.79. The van der Waals surface area contributed by atoms with Crippen LogP contribution < -0.4 is 5.32 Å². The van der Waals surface area contributed by atoms with Crippen LogP contribution in [0.25, 0.3) is 6.08 Å². The molecule has 0 aliphatic carbocycles. The number of hydrogen-bond donors (Lipinski definition) is 2. The summed E-state index contributed by atoms with van der Waals surface area (Å²) >= 11 is 1.27. The fourth-order valence-corrected chi connectivity index (χ4v) is 2.66. The van der Waals surface area contributed by atoms with Crippen molar-refractivity contribution < 1.29 is 14.7 Å². The van der Waals surface area contributed by atoms with E-state index in [9.17, 15) is 9.59 Å². The van der Waals surface area contributed by atoms with Crippen LogP contribution in [0.4, 0.5) is 5.69 Å². The van der Waals surface area contributed by atoms with Crippen molar-refractivity contribution in [3.05, 3.63) is 39.9 Å². The Kier molecular flexibility index (Phi) is 4.54. The molecule has 6 nitrogen and oxygen atoms in total. The number of amides is 1. The van der Waals surface area contributed by atoms with Crippen LogP contribution >= 0.6 is 11.3 Å². The van der Waals surface area contributed by atoms with Gasteiger partial charge >= 0.3 is 5.97 Å². The molecule has 0 saturated carbocycles. The Bertz CT molecular complexity index is 700. The smallest absolute Gasteiger partial charge is 0.328 e. The maximum absolute atomic E-state index is 12.3. The molecule has 0 radical (unpaired) electrons. The third-order valence-electron chi connectivity index (χ3n) is 2.80. The summed E-state index contributed by atoms with van der Waals surface area (Å²) in [6, 6.07) is 1.71. The summed E-state index contributed by atoms with van der Waals surface area (Å²) in [5.74, 6) is -1.31. The summed E-state index contributed by atoms with van der Waals surface area (Å²) in [6.07, 6.45) is 4.89. The van der Waals surface area contributed by atoms with Crippen molar-refractivity contribution >= 4 is 35.0 Å². The molecule has 2 aromatic heterocycles. The normalized spacial score (nSPS) is 11.0. The van der Waals surface area contributed by atoms with Gasteiger partial charge in [0.25, 0.3) is 5.91 Å². The first-order valence-electron chi connectivity index (χ1n) is 6.33. The summed E-state index contributed by atoms with van der Waals surface area (Å²) in [5, 5.41) is 17.5. The van der Waals surface area contributed by atoms with E-state index >= 15 is 0 Å². The average Bonchev–Trinajstić information content (AvgIpc) is 3.02. The predicted octanol–water partition coefficient (Wildman–Crippen LogP) is 2.39. The number of carboxylic acid groups (broad SMARTS) is 1. The van der Waals surface area contributed by atoms with Crippen LogP contribution in [-0.4, -0.2) is 26.8 Å². The molecule has 0 aliphatic rings. The zero-order valence-corrected chi connectivity index (χ0v) is 12.5. The topological polar surface area (TPSA) is 84.2 Å². The minimum absolute atomic E-state index is 0.266. The Hall–Kier alpha value is -2.41. The van der Waals surface area contributed by atoms with Crippen LogP contribution in [0.15, 0.2) is 23.7 Å². The highest BCUT2D eigenvalue weighted by Crippen LogP contribution is 2.21. The molecule has 0 fully saturated rings. The summed E-state index contributed by atoms with van der Waals surface area (Å²) in [4.78, 5) is 23.3. The van der Waals surface area contributed by atoms with Crippen molar-refractivity contribution in [2.24, 2.45) is 7.05 Å². The number of nitrogens with one attached hydrogen (secondary N) is 1. The van der Waals surface area contributed by atoms with Gasteiger partial charge in [0.1, 0.15) is 0 Å². The largest absolute Gasteiger partial charge is 0.478 e. The highest BCUT2D eigenvalue weighted by atomic mass is 32.1. The van der Waals surface area contributed by atoms with E-state index in [0.29, 0.717) is 22.5 Å². The van der Waals surface area contributed by atoms with E-state index in [2.05, 4.69) is 10.4 Å². The second-order valence-electron chi connectivity index (χ2n) is 4.35. The van der Waals surface area contributed by atoms with Crippen molar-refractivity contribution in [2.75, 3.05) is 5.32 Å². The van der Waals surface area contributed by atoms with E-state index in [-0.39, 0.29) is 5.91 Å². The van der Waals surface area contributed by atoms with E-state index in [1.54, 1.807) is 29.4 Å². The maximum Gasteiger partial charge on any atom is 0.328 e. The second-order valence-corrected chi connectivity index (χ2v) is 5.26. The number of aromatic nitrogens is 2. The van der Waals surface area contributed by atoms with Crippen molar-refractivity contribution in [3.8, 4) is 0 Å². The number of thiophene rings is 1. The van der Waals surface area contributed by atoms with Crippen LogP contribution in [0.3, 0.4) is 0 Å². The zero-order valence-electron chi connectivity index (χ0n) is 11.7. The summed E-state index contributed by atoms with van der Waals surface area (Å²) in [6.45, 7) is 1.96. The lowest BCUT2D eigenvalue weighted by atomic mass is 10.2. The minimum Gasteiger partial charge on any atom is -0.478 e. The number of rotatable bonds is 5. The SMILES string of the molecule is CCc1nn(C)cc1NC(=O)c1sccc1/C=C/C(=O)O. The quantitative estimate of drug-likeness (QED) is 0.831. The molecule has 2 rings (SSSR count). The molecule has 110 valence electrons. The van der Waals surface area contributed by atoms with Gasteiger partial charge in [0.05, 0.1) is 16.3 Å². The molecule has 2 N–H and O–H groups in total. The van der Waals surface area contributed by atoms with Gasteiger partial charge in [-0.15, -0.1) is 11.3 Å². The number of aliphatic carboxylic acids is 1. The Balaban J connectivity index is 2.21. The molecule has 0 spiro atoms. The van der Waals surface area contributed by atoms with Gasteiger partial charge in [0.2, 0.25) is 0 Å². The third kappa shape index (κ3) is 3.57. The Morgan fingerprint density at radius 2 is 2.29 bits per heavy atom. The van der Waals surface area contributed by atoms with Crippen molar-refractivity contribution in [2.45, 2.75) is 13.3 Å². The predicted molar refractivity (Wildman–Crippen MR) is 81.5 cm³/mol. The molecule has 0 unspecified atom stereocenters. The van der Waals surface area contributed by atoms with Crippen LogP contribution in [0.5, 0.6) is 0 Å². The maximum atomic E-state index is 12.3. The number of nitrogens with zero attached hydrogens (tertiary/aromatic N) is 2. The highest BCUT2D eigenvalue weighted by Gasteiger charge is 2.15. The molecule has 7 heteroatoms. The van der Waals surface area contributed by atoms with E-state index in [0.717, 1.165) is 11.8 Å². The number of hydrogen-bond acceptors (Lipinski definition) is 4. The number of carbonyl (C=O) groups is 2. The number of carbonyl (C=O) groups excluding carboxylic acids is 1. The second kappa shape index (κ2) is 6.36. The average molecular weight is 305 g/mol. The highest BCUT2D eigenvalue weighted by molar-refractivity contribution is 7.12. The van der Waals surface area contributed by atoms with E-state index in [4.69, 9.17) is 5.11 Å². The molecule has 2 aromatic rings. The van der Waals surface area contributed by atoms with E-state index in [1.807, 2.05) is 6.92 Å². The number of aryl methyl sites for hydroxylation is 2. The molecular weight excluding hydrogens is 290 g/mol. The lowest BCUT2D eigenvalue weighted by Gasteiger charge is -2.03. The van der Waals surface area contributed by atoms with Gasteiger partial charge in [0.15, 0.2) is 0 Å². The molecule has 0 saturated heterocycles. The minimum atomic E-state index is -1.05. The van der Waals surface area contributed by atoms with Crippen molar-refractivity contribution in [3.63, 3.8) is 0 Å². The summed E-state index contributed by atoms with van der Waals surface area (Å²) < 4.78 is 1.65. The molecule has 0 bridgehead atoms. The fourth-order valence-electron chi connectivity index (χ4n) is 1.88. The third-order valence-corrected chi connectivity index (χ3v) is 3.72. The van der Waals surface area contributed by atoms with Crippen molar-refractivity contribution in [1.29, 1.82) is 0 Å². The van der Waals surface area contributed by atoms with Gasteiger partial charge in [-0.3, -0.25) is 9.48 Å². The summed E-state index contributed by atoms with van der Waals surface area (Å²) in [5.41, 5.74) is 2.07. The molecule has 2 heterocycles. The van der Waals surface area contributed by atoms with Crippen molar-refractivity contribution in [1.82, 2.24) is 9.78 Å². The Morgan fingerprint density at radius 1 is 1.52 bits per heavy atom. The van der Waals surface area contributed by atoms with Gasteiger partial charge < -0.3 is 10.4 Å². The molecule has 1 amide bonds. The lowest BCUT2D eigenvalue weighted by molar-refractivity contribution is -0.131. The molecule has 0 aliphatic heterocycles. The van der Waals surface area contributed by atoms with Crippen LogP contribution in [-0.2, 0) is 18.3 Å². The molecule has 0 atom stereocenters. The first-order valence-corrected chi connectivity index (χ1v) is 7.21. The van der Waals surface area contributed by atoms with E-state index < -0.39 is 5.97 Å². The first-order chi connectivity index (χ1) is 10.0. The molecular formula is C14H15N3O3S. The van der Waals surface area contributed by atoms with Gasteiger partial charge in [-0.2, -0.15) is 5.10 Å². The molecule has 0 aromatic carbocycles. The van der Waals surface area contributed by atoms with E-state index in [1.165, 1.54) is 17.4 Å². The first kappa shape index (κ1) is 15.0. The zero-order chi connectivity index (χ0) is 15.4. The van der Waals surface area contributed by atoms with Crippen LogP contribution in [0, 0.1) is 0 Å². The fraction of sp³-hybridized carbons (Fsp3) is 0.214. The number of carboxylic acids is 1. The van der Waals surface area contributed by atoms with Crippen LogP contribution in [0.1, 0.15) is 27.9 Å². The monoisotopic (exact) mass is 305 g/mol. The lowest BCUT2D eigenvalue weighted by Crippen LogP contribution is -2.12. The standard InChI is InChI=1S/C14H15N3O3S/c1-3-10-11(8-17(2)16-10)15-14(20)13-9(6-7-21-13)4-5-12(18)19/h4-8H,3H2,1-2H3,(H,15,20)(H,18,19)/b5-4+.